The highest BCUT2D eigenvalue weighted by Crippen LogP contribution is 2.15. The summed E-state index contributed by atoms with van der Waals surface area (Å²) >= 11 is 1.72. The van der Waals surface area contributed by atoms with E-state index in [2.05, 4.69) is 34.9 Å². The summed E-state index contributed by atoms with van der Waals surface area (Å²) in [4.78, 5) is 24.2. The maximum atomic E-state index is 12.3. The Hall–Kier alpha value is -2.36. The second-order valence-corrected chi connectivity index (χ2v) is 10.1. The van der Waals surface area contributed by atoms with Crippen LogP contribution in [-0.4, -0.2) is 57.5 Å². The smallest absolute Gasteiger partial charge is 0.251 e. The maximum absolute atomic E-state index is 12.3. The second-order valence-electron chi connectivity index (χ2n) is 6.89. The predicted octanol–water partition coefficient (Wildman–Crippen LogP) is 2.02. The number of carbonyl (C=O) groups is 2. The van der Waals surface area contributed by atoms with Crippen molar-refractivity contribution in [3.63, 3.8) is 0 Å². The van der Waals surface area contributed by atoms with Gasteiger partial charge in [0.25, 0.3) is 5.91 Å². The molecule has 30 heavy (non-hydrogen) atoms. The normalized spacial score (nSPS) is 11.3. The highest BCUT2D eigenvalue weighted by molar-refractivity contribution is 7.98. The van der Waals surface area contributed by atoms with Gasteiger partial charge in [0.05, 0.1) is 11.4 Å². The maximum Gasteiger partial charge on any atom is 0.251 e. The predicted molar refractivity (Wildman–Crippen MR) is 120 cm³/mol. The van der Waals surface area contributed by atoms with E-state index >= 15 is 0 Å². The molecule has 2 aromatic rings. The Morgan fingerprint density at radius 1 is 1.03 bits per heavy atom. The molecule has 0 saturated heterocycles. The van der Waals surface area contributed by atoms with Crippen LogP contribution in [0, 0.1) is 6.92 Å². The summed E-state index contributed by atoms with van der Waals surface area (Å²) in [5.74, 6) is 0.836. The first-order valence-electron chi connectivity index (χ1n) is 9.41. The molecule has 0 saturated carbocycles. The van der Waals surface area contributed by atoms with E-state index in [1.807, 2.05) is 6.92 Å². The van der Waals surface area contributed by atoms with Crippen LogP contribution in [0.5, 0.6) is 0 Å². The van der Waals surface area contributed by atoms with Gasteiger partial charge in [0, 0.05) is 37.7 Å². The minimum Gasteiger partial charge on any atom is -0.354 e. The molecule has 0 heterocycles. The van der Waals surface area contributed by atoms with Gasteiger partial charge in [-0.15, -0.1) is 0 Å². The zero-order chi connectivity index (χ0) is 22.1. The second kappa shape index (κ2) is 11.1. The van der Waals surface area contributed by atoms with Gasteiger partial charge in [0.1, 0.15) is 0 Å². The third-order valence-electron chi connectivity index (χ3n) is 4.24. The van der Waals surface area contributed by atoms with Crippen LogP contribution in [0.4, 0.5) is 0 Å². The fraction of sp³-hybridized carbons (Fsp3) is 0.333. The summed E-state index contributed by atoms with van der Waals surface area (Å²) in [5.41, 5.74) is 2.64. The monoisotopic (exact) mass is 449 g/mol. The number of nitrogens with zero attached hydrogens (tertiary/aromatic N) is 1. The van der Waals surface area contributed by atoms with Crippen LogP contribution in [-0.2, 0) is 20.6 Å². The third-order valence-corrected chi connectivity index (χ3v) is 7.08. The number of thioether (sulfide) groups is 1. The van der Waals surface area contributed by atoms with Gasteiger partial charge in [0.15, 0.2) is 0 Å². The van der Waals surface area contributed by atoms with Crippen LogP contribution in [0.1, 0.15) is 21.5 Å². The molecule has 0 aromatic heterocycles. The molecule has 0 aliphatic heterocycles. The SMILES string of the molecule is Cc1ccc(CSCCNC(=O)CNC(=O)c2cccc(S(=O)(=O)N(C)C)c2)cc1. The van der Waals surface area contributed by atoms with Gasteiger partial charge in [0.2, 0.25) is 15.9 Å². The number of sulfonamides is 1. The molecule has 2 N–H and O–H groups in total. The molecule has 0 radical (unpaired) electrons. The Bertz CT molecular complexity index is 974. The fourth-order valence-electron chi connectivity index (χ4n) is 2.47. The van der Waals surface area contributed by atoms with Gasteiger partial charge in [-0.05, 0) is 30.7 Å². The van der Waals surface area contributed by atoms with E-state index in [0.717, 1.165) is 15.8 Å². The Kier molecular flexibility index (Phi) is 8.88. The summed E-state index contributed by atoms with van der Waals surface area (Å²) in [6.07, 6.45) is 0. The number of benzene rings is 2. The number of carbonyl (C=O) groups excluding carboxylic acids is 2. The van der Waals surface area contributed by atoms with Crippen molar-refractivity contribution < 1.29 is 18.0 Å². The van der Waals surface area contributed by atoms with Crippen molar-refractivity contribution in [1.82, 2.24) is 14.9 Å². The van der Waals surface area contributed by atoms with Crippen LogP contribution in [0.3, 0.4) is 0 Å². The van der Waals surface area contributed by atoms with Gasteiger partial charge in [-0.3, -0.25) is 9.59 Å². The van der Waals surface area contributed by atoms with Crippen molar-refractivity contribution >= 4 is 33.6 Å². The van der Waals surface area contributed by atoms with E-state index in [0.29, 0.717) is 6.54 Å². The van der Waals surface area contributed by atoms with Crippen LogP contribution in [0.15, 0.2) is 53.4 Å². The Morgan fingerprint density at radius 2 is 1.73 bits per heavy atom. The fourth-order valence-corrected chi connectivity index (χ4v) is 4.24. The van der Waals surface area contributed by atoms with Crippen LogP contribution >= 0.6 is 11.8 Å². The summed E-state index contributed by atoms with van der Waals surface area (Å²) in [6.45, 7) is 2.38. The first-order chi connectivity index (χ1) is 14.2. The minimum absolute atomic E-state index is 0.0233. The standard InChI is InChI=1S/C21H27N3O4S2/c1-16-7-9-17(10-8-16)15-29-12-11-22-20(25)14-23-21(26)18-5-4-6-19(13-18)30(27,28)24(2)3/h4-10,13H,11-12,14-15H2,1-3H3,(H,22,25)(H,23,26). The molecule has 2 rings (SSSR count). The molecule has 2 aromatic carbocycles. The molecule has 0 bridgehead atoms. The first-order valence-corrected chi connectivity index (χ1v) is 12.0. The largest absolute Gasteiger partial charge is 0.354 e. The van der Waals surface area contributed by atoms with Gasteiger partial charge in [-0.2, -0.15) is 11.8 Å². The molecular weight excluding hydrogens is 422 g/mol. The lowest BCUT2D eigenvalue weighted by atomic mass is 10.2. The van der Waals surface area contributed by atoms with E-state index in [4.69, 9.17) is 0 Å². The van der Waals surface area contributed by atoms with Crippen LogP contribution in [0.2, 0.25) is 0 Å². The summed E-state index contributed by atoms with van der Waals surface area (Å²) in [5, 5.41) is 5.27. The lowest BCUT2D eigenvalue weighted by molar-refractivity contribution is -0.120. The van der Waals surface area contributed by atoms with Gasteiger partial charge in [-0.1, -0.05) is 35.9 Å². The topological polar surface area (TPSA) is 95.6 Å². The molecule has 0 unspecified atom stereocenters. The number of nitrogens with one attached hydrogen (secondary N) is 2. The summed E-state index contributed by atoms with van der Waals surface area (Å²) in [6, 6.07) is 14.1. The molecule has 0 aliphatic rings. The highest BCUT2D eigenvalue weighted by atomic mass is 32.2. The summed E-state index contributed by atoms with van der Waals surface area (Å²) in [7, 11) is -0.788. The molecular formula is C21H27N3O4S2. The van der Waals surface area contributed by atoms with E-state index < -0.39 is 15.9 Å². The molecule has 2 amide bonds. The number of aryl methyl sites for hydroxylation is 1. The van der Waals surface area contributed by atoms with E-state index in [-0.39, 0.29) is 22.9 Å². The zero-order valence-electron chi connectivity index (χ0n) is 17.3. The zero-order valence-corrected chi connectivity index (χ0v) is 19.0. The lowest BCUT2D eigenvalue weighted by Crippen LogP contribution is -2.37. The molecule has 0 aliphatic carbocycles. The third kappa shape index (κ3) is 7.16. The van der Waals surface area contributed by atoms with Crippen molar-refractivity contribution in [2.75, 3.05) is 32.9 Å². The van der Waals surface area contributed by atoms with Crippen molar-refractivity contribution in [1.29, 1.82) is 0 Å². The quantitative estimate of drug-likeness (QED) is 0.541. The van der Waals surface area contributed by atoms with Crippen molar-refractivity contribution in [3.05, 3.63) is 65.2 Å². The summed E-state index contributed by atoms with van der Waals surface area (Å²) < 4.78 is 25.4. The molecule has 7 nitrogen and oxygen atoms in total. The number of hydrogen-bond acceptors (Lipinski definition) is 5. The first kappa shape index (κ1) is 23.9. The van der Waals surface area contributed by atoms with Crippen molar-refractivity contribution in [2.45, 2.75) is 17.6 Å². The average molecular weight is 450 g/mol. The van der Waals surface area contributed by atoms with Gasteiger partial charge in [-0.25, -0.2) is 12.7 Å². The Labute approximate surface area is 182 Å². The van der Waals surface area contributed by atoms with E-state index in [1.54, 1.807) is 11.8 Å². The van der Waals surface area contributed by atoms with E-state index in [9.17, 15) is 18.0 Å². The number of rotatable bonds is 10. The molecule has 9 heteroatoms. The van der Waals surface area contributed by atoms with Gasteiger partial charge >= 0.3 is 0 Å². The minimum atomic E-state index is -3.63. The molecule has 0 spiro atoms. The van der Waals surface area contributed by atoms with Crippen LogP contribution < -0.4 is 10.6 Å². The Balaban J connectivity index is 1.73. The number of hydrogen-bond donors (Lipinski definition) is 2. The number of amides is 2. The van der Waals surface area contributed by atoms with E-state index in [1.165, 1.54) is 49.5 Å². The average Bonchev–Trinajstić information content (AvgIpc) is 2.73. The van der Waals surface area contributed by atoms with Crippen LogP contribution in [0.25, 0.3) is 0 Å². The van der Waals surface area contributed by atoms with Crippen molar-refractivity contribution in [2.24, 2.45) is 0 Å². The van der Waals surface area contributed by atoms with Gasteiger partial charge < -0.3 is 10.6 Å². The Morgan fingerprint density at radius 3 is 2.40 bits per heavy atom. The van der Waals surface area contributed by atoms with Crippen molar-refractivity contribution in [3.8, 4) is 0 Å². The molecule has 162 valence electrons. The molecule has 0 fully saturated rings. The highest BCUT2D eigenvalue weighted by Gasteiger charge is 2.18. The molecule has 0 atom stereocenters. The lowest BCUT2D eigenvalue weighted by Gasteiger charge is -2.12.